The van der Waals surface area contributed by atoms with E-state index < -0.39 is 35.6 Å². The van der Waals surface area contributed by atoms with Gasteiger partial charge in [-0.15, -0.1) is 0 Å². The summed E-state index contributed by atoms with van der Waals surface area (Å²) in [7, 11) is 0. The molecule has 0 unspecified atom stereocenters. The van der Waals surface area contributed by atoms with E-state index in [2.05, 4.69) is 10.6 Å². The summed E-state index contributed by atoms with van der Waals surface area (Å²) in [6.07, 6.45) is -9.21. The van der Waals surface area contributed by atoms with Crippen molar-refractivity contribution in [2.75, 3.05) is 17.3 Å². The Morgan fingerprint density at radius 1 is 1.03 bits per heavy atom. The molecule has 0 aromatic heterocycles. The van der Waals surface area contributed by atoms with Gasteiger partial charge in [0.25, 0.3) is 11.8 Å². The summed E-state index contributed by atoms with van der Waals surface area (Å²) < 4.78 is 78.1. The second-order valence-corrected chi connectivity index (χ2v) is 8.85. The Bertz CT molecular complexity index is 1040. The third-order valence-electron chi connectivity index (χ3n) is 4.77. The lowest BCUT2D eigenvalue weighted by molar-refractivity contribution is -0.253. The Hall–Kier alpha value is -2.40. The Kier molecular flexibility index (Phi) is 8.92. The number of carbonyl (C=O) groups is 2. The molecule has 2 aromatic carbocycles. The number of carbonyl (C=O) groups excluding carboxylic acids is 2. The largest absolute Gasteiger partial charge is 0.404 e. The van der Waals surface area contributed by atoms with Gasteiger partial charge in [0.2, 0.25) is 0 Å². The van der Waals surface area contributed by atoms with Crippen molar-refractivity contribution in [3.63, 3.8) is 0 Å². The number of anilines is 1. The lowest BCUT2D eigenvalue weighted by Crippen LogP contribution is -2.35. The molecule has 0 saturated carbocycles. The predicted molar refractivity (Wildman–Crippen MR) is 121 cm³/mol. The molecule has 186 valence electrons. The van der Waals surface area contributed by atoms with Crippen LogP contribution in [0.15, 0.2) is 36.4 Å². The van der Waals surface area contributed by atoms with Gasteiger partial charge in [-0.25, -0.2) is 0 Å². The van der Waals surface area contributed by atoms with Crippen LogP contribution in [-0.4, -0.2) is 42.2 Å². The van der Waals surface area contributed by atoms with Crippen molar-refractivity contribution in [3.05, 3.63) is 63.7 Å². The molecule has 0 spiro atoms. The predicted octanol–water partition coefficient (Wildman–Crippen LogP) is 6.59. The molecule has 4 nitrogen and oxygen atoms in total. The van der Waals surface area contributed by atoms with Crippen LogP contribution in [0.1, 0.15) is 44.7 Å². The number of aryl methyl sites for hydroxylation is 1. The van der Waals surface area contributed by atoms with Crippen molar-refractivity contribution < 1.29 is 35.9 Å². The lowest BCUT2D eigenvalue weighted by atomic mass is 9.95. The number of hydrogen-bond acceptors (Lipinski definition) is 3. The van der Waals surface area contributed by atoms with Gasteiger partial charge in [-0.1, -0.05) is 29.8 Å². The number of halogens is 7. The molecule has 2 N–H and O–H groups in total. The molecule has 34 heavy (non-hydrogen) atoms. The Labute approximate surface area is 201 Å². The van der Waals surface area contributed by atoms with E-state index in [1.165, 1.54) is 36.9 Å². The molecular weight excluding hydrogens is 506 g/mol. The fourth-order valence-electron chi connectivity index (χ4n) is 3.29. The highest BCUT2D eigenvalue weighted by Crippen LogP contribution is 2.46. The zero-order valence-corrected chi connectivity index (χ0v) is 19.8. The van der Waals surface area contributed by atoms with E-state index in [9.17, 15) is 35.9 Å². The van der Waals surface area contributed by atoms with Crippen LogP contribution in [-0.2, 0) is 0 Å². The molecule has 0 saturated heterocycles. The number of thioether (sulfide) groups is 1. The fourth-order valence-corrected chi connectivity index (χ4v) is 4.14. The van der Waals surface area contributed by atoms with Crippen LogP contribution >= 0.6 is 23.4 Å². The van der Waals surface area contributed by atoms with E-state index in [0.717, 1.165) is 12.1 Å². The number of rotatable bonds is 7. The molecule has 0 heterocycles. The minimum atomic E-state index is -5.54. The smallest absolute Gasteiger partial charge is 0.349 e. The third-order valence-corrected chi connectivity index (χ3v) is 5.91. The highest BCUT2D eigenvalue weighted by Gasteiger charge is 2.57. The Morgan fingerprint density at radius 3 is 2.18 bits per heavy atom. The summed E-state index contributed by atoms with van der Waals surface area (Å²) in [6, 6.07) is 6.30. The standard InChI is InChI=1S/C22H21ClF6N2O2S/c1-11-9-13(18(21(24,25)26)22(27,28)29)7-8-16(11)31-19(32)14-5-4-6-15(23)17(14)20(33)30-12(2)10-34-3/h4-9,12,18H,10H2,1-3H3,(H,30,33)(H,31,32)/t12-/m0/s1. The average molecular weight is 527 g/mol. The van der Waals surface area contributed by atoms with Gasteiger partial charge in [-0.2, -0.15) is 38.1 Å². The van der Waals surface area contributed by atoms with Crippen molar-refractivity contribution in [1.82, 2.24) is 5.32 Å². The first-order valence-electron chi connectivity index (χ1n) is 9.80. The lowest BCUT2D eigenvalue weighted by Gasteiger charge is -2.24. The van der Waals surface area contributed by atoms with Crippen molar-refractivity contribution in [1.29, 1.82) is 0 Å². The summed E-state index contributed by atoms with van der Waals surface area (Å²) in [5.74, 6) is -4.44. The summed E-state index contributed by atoms with van der Waals surface area (Å²) >= 11 is 7.65. The van der Waals surface area contributed by atoms with Crippen LogP contribution < -0.4 is 10.6 Å². The Morgan fingerprint density at radius 2 is 1.65 bits per heavy atom. The number of hydrogen-bond donors (Lipinski definition) is 2. The molecule has 0 bridgehead atoms. The van der Waals surface area contributed by atoms with Crippen LogP contribution in [0.25, 0.3) is 0 Å². The molecule has 0 aliphatic heterocycles. The van der Waals surface area contributed by atoms with Crippen molar-refractivity contribution in [2.45, 2.75) is 38.2 Å². The molecular formula is C22H21ClF6N2O2S. The second-order valence-electron chi connectivity index (χ2n) is 7.54. The van der Waals surface area contributed by atoms with E-state index in [0.29, 0.717) is 11.8 Å². The van der Waals surface area contributed by atoms with Gasteiger partial charge in [0.05, 0.1) is 16.1 Å². The van der Waals surface area contributed by atoms with Gasteiger partial charge in [0.15, 0.2) is 5.92 Å². The van der Waals surface area contributed by atoms with Crippen molar-refractivity contribution in [2.24, 2.45) is 0 Å². The SMILES string of the molecule is CSC[C@H](C)NC(=O)c1c(Cl)cccc1C(=O)Nc1ccc(C(C(F)(F)F)C(F)(F)F)cc1C. The maximum absolute atomic E-state index is 13.0. The van der Waals surface area contributed by atoms with Gasteiger partial charge >= 0.3 is 12.4 Å². The van der Waals surface area contributed by atoms with E-state index in [4.69, 9.17) is 11.6 Å². The normalized spacial score (nSPS) is 13.0. The zero-order chi connectivity index (χ0) is 25.8. The first-order valence-corrected chi connectivity index (χ1v) is 11.6. The minimum Gasteiger partial charge on any atom is -0.349 e. The van der Waals surface area contributed by atoms with Crippen LogP contribution in [0, 0.1) is 6.92 Å². The molecule has 0 fully saturated rings. The van der Waals surface area contributed by atoms with Crippen LogP contribution in [0.4, 0.5) is 32.0 Å². The van der Waals surface area contributed by atoms with E-state index in [1.807, 2.05) is 6.26 Å². The molecule has 0 radical (unpaired) electrons. The number of alkyl halides is 6. The summed E-state index contributed by atoms with van der Waals surface area (Å²) in [6.45, 7) is 3.03. The quantitative estimate of drug-likeness (QED) is 0.400. The zero-order valence-electron chi connectivity index (χ0n) is 18.2. The van der Waals surface area contributed by atoms with Crippen LogP contribution in [0.2, 0.25) is 5.02 Å². The van der Waals surface area contributed by atoms with Gasteiger partial charge in [-0.3, -0.25) is 9.59 Å². The van der Waals surface area contributed by atoms with Crippen molar-refractivity contribution in [3.8, 4) is 0 Å². The topological polar surface area (TPSA) is 58.2 Å². The molecule has 0 aliphatic carbocycles. The van der Waals surface area contributed by atoms with Gasteiger partial charge < -0.3 is 10.6 Å². The minimum absolute atomic E-state index is 0.00627. The molecule has 2 amide bonds. The van der Waals surface area contributed by atoms with Crippen LogP contribution in [0.5, 0.6) is 0 Å². The Balaban J connectivity index is 2.35. The van der Waals surface area contributed by atoms with E-state index in [1.54, 1.807) is 6.92 Å². The molecule has 1 atom stereocenters. The monoisotopic (exact) mass is 526 g/mol. The highest BCUT2D eigenvalue weighted by atomic mass is 35.5. The molecule has 2 aromatic rings. The van der Waals surface area contributed by atoms with Crippen LogP contribution in [0.3, 0.4) is 0 Å². The second kappa shape index (κ2) is 10.9. The molecule has 0 aliphatic rings. The third kappa shape index (κ3) is 6.82. The summed E-state index contributed by atoms with van der Waals surface area (Å²) in [4.78, 5) is 25.6. The van der Waals surface area contributed by atoms with E-state index >= 15 is 0 Å². The summed E-state index contributed by atoms with van der Waals surface area (Å²) in [5.41, 5.74) is -1.24. The van der Waals surface area contributed by atoms with Gasteiger partial charge in [0, 0.05) is 17.5 Å². The highest BCUT2D eigenvalue weighted by molar-refractivity contribution is 7.98. The maximum Gasteiger partial charge on any atom is 0.404 e. The maximum atomic E-state index is 13.0. The van der Waals surface area contributed by atoms with Gasteiger partial charge in [-0.05, 0) is 49.4 Å². The number of nitrogens with one attached hydrogen (secondary N) is 2. The van der Waals surface area contributed by atoms with Crippen molar-refractivity contribution >= 4 is 40.9 Å². The fraction of sp³-hybridized carbons (Fsp3) is 0.364. The number of benzene rings is 2. The molecule has 2 rings (SSSR count). The first-order chi connectivity index (χ1) is 15.7. The first kappa shape index (κ1) is 27.8. The summed E-state index contributed by atoms with van der Waals surface area (Å²) in [5, 5.41) is 5.15. The van der Waals surface area contributed by atoms with E-state index in [-0.39, 0.29) is 33.4 Å². The molecule has 12 heteroatoms. The average Bonchev–Trinajstić information content (AvgIpc) is 2.67. The number of amides is 2. The van der Waals surface area contributed by atoms with Gasteiger partial charge in [0.1, 0.15) is 0 Å².